The van der Waals surface area contributed by atoms with Gasteiger partial charge in [-0.25, -0.2) is 0 Å². The summed E-state index contributed by atoms with van der Waals surface area (Å²) in [5, 5.41) is 18.0. The van der Waals surface area contributed by atoms with Crippen molar-refractivity contribution in [2.75, 3.05) is 0 Å². The normalized spacial score (nSPS) is 40.9. The van der Waals surface area contributed by atoms with Crippen molar-refractivity contribution in [2.45, 2.75) is 25.7 Å². The molecule has 0 aromatic carbocycles. The quantitative estimate of drug-likeness (QED) is 0.699. The molecule has 4 nitrogen and oxygen atoms in total. The highest BCUT2D eigenvalue weighted by Gasteiger charge is 2.50. The van der Waals surface area contributed by atoms with E-state index in [4.69, 9.17) is 10.2 Å². The Kier molecular flexibility index (Phi) is 2.21. The van der Waals surface area contributed by atoms with Gasteiger partial charge >= 0.3 is 11.9 Å². The summed E-state index contributed by atoms with van der Waals surface area (Å²) >= 11 is 0. The van der Waals surface area contributed by atoms with Crippen molar-refractivity contribution in [3.63, 3.8) is 0 Å². The van der Waals surface area contributed by atoms with Gasteiger partial charge in [-0.1, -0.05) is 0 Å². The summed E-state index contributed by atoms with van der Waals surface area (Å²) in [4.78, 5) is 22.0. The molecule has 0 unspecified atom stereocenters. The first-order valence-electron chi connectivity index (χ1n) is 5.07. The van der Waals surface area contributed by atoms with Crippen LogP contribution in [0.1, 0.15) is 25.7 Å². The van der Waals surface area contributed by atoms with Crippen molar-refractivity contribution < 1.29 is 19.8 Å². The highest BCUT2D eigenvalue weighted by atomic mass is 16.4. The molecule has 3 fully saturated rings. The molecule has 3 aliphatic rings. The van der Waals surface area contributed by atoms with Crippen LogP contribution in [0.25, 0.3) is 0 Å². The van der Waals surface area contributed by atoms with Crippen LogP contribution < -0.4 is 0 Å². The fourth-order valence-electron chi connectivity index (χ4n) is 3.16. The molecule has 0 saturated heterocycles. The predicted molar refractivity (Wildman–Crippen MR) is 47.7 cm³/mol. The van der Waals surface area contributed by atoms with E-state index in [-0.39, 0.29) is 11.8 Å². The van der Waals surface area contributed by atoms with E-state index in [1.807, 2.05) is 0 Å². The van der Waals surface area contributed by atoms with Crippen molar-refractivity contribution in [3.8, 4) is 0 Å². The van der Waals surface area contributed by atoms with Gasteiger partial charge in [0.25, 0.3) is 0 Å². The minimum absolute atomic E-state index is 0.0959. The summed E-state index contributed by atoms with van der Waals surface area (Å²) in [5.74, 6) is -2.93. The number of aliphatic carboxylic acids is 2. The van der Waals surface area contributed by atoms with E-state index in [9.17, 15) is 9.59 Å². The summed E-state index contributed by atoms with van der Waals surface area (Å²) < 4.78 is 0. The van der Waals surface area contributed by atoms with Crippen molar-refractivity contribution in [2.24, 2.45) is 23.7 Å². The molecule has 3 saturated carbocycles. The molecule has 4 heteroatoms. The maximum atomic E-state index is 11.0. The molecule has 3 rings (SSSR count). The average Bonchev–Trinajstić information content (AvgIpc) is 2.17. The first kappa shape index (κ1) is 9.49. The second-order valence-electron chi connectivity index (χ2n) is 4.40. The summed E-state index contributed by atoms with van der Waals surface area (Å²) in [6, 6.07) is 0. The van der Waals surface area contributed by atoms with Crippen molar-refractivity contribution in [1.29, 1.82) is 0 Å². The van der Waals surface area contributed by atoms with Crippen molar-refractivity contribution in [3.05, 3.63) is 0 Å². The first-order chi connectivity index (χ1) is 6.61. The van der Waals surface area contributed by atoms with Gasteiger partial charge in [-0.3, -0.25) is 9.59 Å². The van der Waals surface area contributed by atoms with Crippen LogP contribution in [0.5, 0.6) is 0 Å². The Morgan fingerprint density at radius 3 is 1.29 bits per heavy atom. The fraction of sp³-hybridized carbons (Fsp3) is 0.800. The van der Waals surface area contributed by atoms with E-state index >= 15 is 0 Å². The van der Waals surface area contributed by atoms with E-state index < -0.39 is 23.8 Å². The minimum atomic E-state index is -0.924. The third-order valence-electron chi connectivity index (χ3n) is 3.79. The number of rotatable bonds is 2. The molecule has 0 heterocycles. The van der Waals surface area contributed by atoms with Crippen LogP contribution >= 0.6 is 0 Å². The monoisotopic (exact) mass is 198 g/mol. The topological polar surface area (TPSA) is 74.6 Å². The second kappa shape index (κ2) is 3.26. The standard InChI is InChI=1S/C10H14O4/c11-9(12)7-5-1-2-6(4-3-5)8(7)10(13)14/h5-8H,1-4H2,(H,11,12)(H,13,14)/t5?,6?,7-,8-/m0/s1. The average molecular weight is 198 g/mol. The smallest absolute Gasteiger partial charge is 0.307 e. The molecule has 0 radical (unpaired) electrons. The fourth-order valence-corrected chi connectivity index (χ4v) is 3.16. The van der Waals surface area contributed by atoms with E-state index in [2.05, 4.69) is 0 Å². The Morgan fingerprint density at radius 1 is 0.786 bits per heavy atom. The third kappa shape index (κ3) is 1.29. The van der Waals surface area contributed by atoms with Gasteiger partial charge in [0.15, 0.2) is 0 Å². The molecule has 3 aliphatic carbocycles. The van der Waals surface area contributed by atoms with Crippen LogP contribution in [0.3, 0.4) is 0 Å². The zero-order chi connectivity index (χ0) is 10.3. The molecule has 0 aromatic heterocycles. The molecule has 0 aromatic rings. The molecule has 2 atom stereocenters. The number of carbonyl (C=O) groups is 2. The van der Waals surface area contributed by atoms with Crippen molar-refractivity contribution >= 4 is 11.9 Å². The summed E-state index contributed by atoms with van der Waals surface area (Å²) in [7, 11) is 0. The molecule has 2 bridgehead atoms. The largest absolute Gasteiger partial charge is 0.481 e. The van der Waals surface area contributed by atoms with Gasteiger partial charge in [0, 0.05) is 0 Å². The maximum absolute atomic E-state index is 11.0. The Labute approximate surface area is 81.9 Å². The van der Waals surface area contributed by atoms with Gasteiger partial charge in [-0.2, -0.15) is 0 Å². The van der Waals surface area contributed by atoms with E-state index in [0.717, 1.165) is 25.7 Å². The Morgan fingerprint density at radius 2 is 1.07 bits per heavy atom. The third-order valence-corrected chi connectivity index (χ3v) is 3.79. The summed E-state index contributed by atoms with van der Waals surface area (Å²) in [6.07, 6.45) is 3.58. The van der Waals surface area contributed by atoms with Crippen molar-refractivity contribution in [1.82, 2.24) is 0 Å². The van der Waals surface area contributed by atoms with Gasteiger partial charge in [-0.15, -0.1) is 0 Å². The molecule has 2 N–H and O–H groups in total. The lowest BCUT2D eigenvalue weighted by molar-refractivity contribution is -0.165. The summed E-state index contributed by atoms with van der Waals surface area (Å²) in [6.45, 7) is 0. The minimum Gasteiger partial charge on any atom is -0.481 e. The second-order valence-corrected chi connectivity index (χ2v) is 4.40. The predicted octanol–water partition coefficient (Wildman–Crippen LogP) is 1.21. The van der Waals surface area contributed by atoms with Crippen LogP contribution in [0.4, 0.5) is 0 Å². The van der Waals surface area contributed by atoms with Crippen LogP contribution in [0.15, 0.2) is 0 Å². The maximum Gasteiger partial charge on any atom is 0.307 e. The van der Waals surface area contributed by atoms with Gasteiger partial charge < -0.3 is 10.2 Å². The van der Waals surface area contributed by atoms with Gasteiger partial charge in [-0.05, 0) is 37.5 Å². The van der Waals surface area contributed by atoms with Gasteiger partial charge in [0.2, 0.25) is 0 Å². The first-order valence-corrected chi connectivity index (χ1v) is 5.07. The molecular weight excluding hydrogens is 184 g/mol. The zero-order valence-corrected chi connectivity index (χ0v) is 7.85. The zero-order valence-electron chi connectivity index (χ0n) is 7.85. The van der Waals surface area contributed by atoms with Crippen LogP contribution in [-0.2, 0) is 9.59 Å². The number of hydrogen-bond acceptors (Lipinski definition) is 2. The lowest BCUT2D eigenvalue weighted by Gasteiger charge is -2.44. The Balaban J connectivity index is 2.27. The van der Waals surface area contributed by atoms with Crippen LogP contribution in [0.2, 0.25) is 0 Å². The molecule has 14 heavy (non-hydrogen) atoms. The SMILES string of the molecule is O=C(O)[C@H]1C2CCC(CC2)[C@@H]1C(=O)O. The lowest BCUT2D eigenvalue weighted by Crippen LogP contribution is -2.47. The van der Waals surface area contributed by atoms with E-state index in [0.29, 0.717) is 0 Å². The molecule has 0 amide bonds. The van der Waals surface area contributed by atoms with E-state index in [1.165, 1.54) is 0 Å². The number of carboxylic acids is 2. The molecule has 0 aliphatic heterocycles. The van der Waals surface area contributed by atoms with Crippen LogP contribution in [0, 0.1) is 23.7 Å². The Bertz CT molecular complexity index is 237. The molecule has 0 spiro atoms. The number of hydrogen-bond donors (Lipinski definition) is 2. The number of carboxylic acid groups (broad SMARTS) is 2. The lowest BCUT2D eigenvalue weighted by atomic mass is 9.58. The number of fused-ring (bicyclic) bond motifs is 3. The Hall–Kier alpha value is -1.06. The van der Waals surface area contributed by atoms with Gasteiger partial charge in [0.1, 0.15) is 0 Å². The van der Waals surface area contributed by atoms with E-state index in [1.54, 1.807) is 0 Å². The molecule has 78 valence electrons. The molecular formula is C10H14O4. The van der Waals surface area contributed by atoms with Gasteiger partial charge in [0.05, 0.1) is 11.8 Å². The summed E-state index contributed by atoms with van der Waals surface area (Å²) in [5.41, 5.74) is 0. The van der Waals surface area contributed by atoms with Crippen LogP contribution in [-0.4, -0.2) is 22.2 Å². The highest BCUT2D eigenvalue weighted by molar-refractivity contribution is 5.81. The highest BCUT2D eigenvalue weighted by Crippen LogP contribution is 2.48.